The number of aliphatic carboxylic acids is 1. The van der Waals surface area contributed by atoms with E-state index in [-0.39, 0.29) is 5.41 Å². The van der Waals surface area contributed by atoms with Crippen molar-refractivity contribution < 1.29 is 19.4 Å². The van der Waals surface area contributed by atoms with E-state index in [1.807, 2.05) is 0 Å². The molecule has 1 rings (SSSR count). The van der Waals surface area contributed by atoms with Gasteiger partial charge in [-0.3, -0.25) is 0 Å². The van der Waals surface area contributed by atoms with E-state index >= 15 is 0 Å². The summed E-state index contributed by atoms with van der Waals surface area (Å²) >= 11 is 0. The lowest BCUT2D eigenvalue weighted by atomic mass is 9.59. The lowest BCUT2D eigenvalue weighted by Crippen LogP contribution is -2.64. The van der Waals surface area contributed by atoms with E-state index in [0.717, 1.165) is 0 Å². The Bertz CT molecular complexity index is 370. The third-order valence-electron chi connectivity index (χ3n) is 3.56. The first kappa shape index (κ1) is 15.8. The van der Waals surface area contributed by atoms with Crippen molar-refractivity contribution in [2.24, 2.45) is 11.3 Å². The Morgan fingerprint density at radius 2 is 1.63 bits per heavy atom. The first-order valence-corrected chi connectivity index (χ1v) is 6.60. The van der Waals surface area contributed by atoms with Gasteiger partial charge in [-0.15, -0.1) is 0 Å². The highest BCUT2D eigenvalue weighted by atomic mass is 16.6. The predicted octanol–water partition coefficient (Wildman–Crippen LogP) is 2.79. The fourth-order valence-corrected chi connectivity index (χ4v) is 2.22. The summed E-state index contributed by atoms with van der Waals surface area (Å²) in [6.45, 7) is 11.5. The minimum atomic E-state index is -1.17. The van der Waals surface area contributed by atoms with Gasteiger partial charge in [0, 0.05) is 0 Å². The van der Waals surface area contributed by atoms with Crippen molar-refractivity contribution in [3.05, 3.63) is 0 Å². The van der Waals surface area contributed by atoms with Gasteiger partial charge in [0.05, 0.1) is 0 Å². The summed E-state index contributed by atoms with van der Waals surface area (Å²) < 4.78 is 5.13. The molecule has 1 amide bonds. The fourth-order valence-electron chi connectivity index (χ4n) is 2.22. The molecule has 1 aliphatic carbocycles. The Labute approximate surface area is 114 Å². The van der Waals surface area contributed by atoms with Crippen LogP contribution in [0.3, 0.4) is 0 Å². The molecule has 0 aromatic carbocycles. The van der Waals surface area contributed by atoms with Gasteiger partial charge in [-0.25, -0.2) is 9.59 Å². The molecule has 5 heteroatoms. The summed E-state index contributed by atoms with van der Waals surface area (Å²) in [6.07, 6.45) is 0.234. The number of alkyl carbamates (subject to hydrolysis) is 1. The molecule has 1 fully saturated rings. The van der Waals surface area contributed by atoms with Crippen molar-refractivity contribution in [3.8, 4) is 0 Å². The van der Waals surface area contributed by atoms with Crippen molar-refractivity contribution in [3.63, 3.8) is 0 Å². The van der Waals surface area contributed by atoms with Crippen molar-refractivity contribution in [1.82, 2.24) is 5.32 Å². The maximum Gasteiger partial charge on any atom is 0.408 e. The van der Waals surface area contributed by atoms with E-state index < -0.39 is 23.2 Å². The summed E-state index contributed by atoms with van der Waals surface area (Å²) in [5.41, 5.74) is -1.74. The number of ether oxygens (including phenoxy) is 1. The third kappa shape index (κ3) is 3.85. The molecule has 0 radical (unpaired) electrons. The van der Waals surface area contributed by atoms with Crippen LogP contribution in [0.1, 0.15) is 54.4 Å². The maximum atomic E-state index is 11.7. The molecule has 2 N–H and O–H groups in total. The minimum Gasteiger partial charge on any atom is -0.480 e. The molecule has 0 bridgehead atoms. The number of hydrogen-bond donors (Lipinski definition) is 2. The normalized spacial score (nSPS) is 27.4. The Morgan fingerprint density at radius 1 is 1.16 bits per heavy atom. The molecule has 0 unspecified atom stereocenters. The number of rotatable bonds is 2. The molecule has 1 saturated carbocycles. The van der Waals surface area contributed by atoms with Crippen molar-refractivity contribution in [1.29, 1.82) is 0 Å². The molecular weight excluding hydrogens is 246 g/mol. The molecule has 5 nitrogen and oxygen atoms in total. The van der Waals surface area contributed by atoms with Crippen molar-refractivity contribution >= 4 is 12.1 Å². The predicted molar refractivity (Wildman–Crippen MR) is 71.9 cm³/mol. The second-order valence-corrected chi connectivity index (χ2v) is 7.49. The van der Waals surface area contributed by atoms with Crippen LogP contribution in [0.15, 0.2) is 0 Å². The summed E-state index contributed by atoms with van der Waals surface area (Å²) in [4.78, 5) is 23.1. The molecular formula is C14H25NO4. The van der Waals surface area contributed by atoms with Crippen molar-refractivity contribution in [2.45, 2.75) is 65.5 Å². The maximum absolute atomic E-state index is 11.7. The highest BCUT2D eigenvalue weighted by Crippen LogP contribution is 2.47. The van der Waals surface area contributed by atoms with Crippen LogP contribution in [0.25, 0.3) is 0 Å². The SMILES string of the molecule is CC(C)(C)OC(=O)NC1(C(=O)O)CC(C(C)(C)C)C1. The second-order valence-electron chi connectivity index (χ2n) is 7.49. The number of nitrogens with one attached hydrogen (secondary N) is 1. The smallest absolute Gasteiger partial charge is 0.408 e. The average Bonchev–Trinajstić information content (AvgIpc) is 2.04. The number of amides is 1. The monoisotopic (exact) mass is 271 g/mol. The summed E-state index contributed by atoms with van der Waals surface area (Å²) in [5.74, 6) is -0.697. The second kappa shape index (κ2) is 4.69. The summed E-state index contributed by atoms with van der Waals surface area (Å²) in [7, 11) is 0. The van der Waals surface area contributed by atoms with Crippen LogP contribution in [0, 0.1) is 11.3 Å². The van der Waals surface area contributed by atoms with E-state index in [2.05, 4.69) is 26.1 Å². The standard InChI is InChI=1S/C14H25NO4/c1-12(2,3)9-7-14(8-9,10(16)17)15-11(18)19-13(4,5)6/h9H,7-8H2,1-6H3,(H,15,18)(H,16,17). The fraction of sp³-hybridized carbons (Fsp3) is 0.857. The molecule has 1 aliphatic rings. The highest BCUT2D eigenvalue weighted by molar-refractivity contribution is 5.85. The van der Waals surface area contributed by atoms with Gasteiger partial charge in [0.2, 0.25) is 0 Å². The Balaban J connectivity index is 2.68. The highest BCUT2D eigenvalue weighted by Gasteiger charge is 2.55. The lowest BCUT2D eigenvalue weighted by molar-refractivity contribution is -0.153. The van der Waals surface area contributed by atoms with Crippen LogP contribution in [-0.4, -0.2) is 28.3 Å². The van der Waals surface area contributed by atoms with Gasteiger partial charge >= 0.3 is 12.1 Å². The number of carbonyl (C=O) groups excluding carboxylic acids is 1. The van der Waals surface area contributed by atoms with Crippen LogP contribution >= 0.6 is 0 Å². The van der Waals surface area contributed by atoms with Crippen LogP contribution in [0.5, 0.6) is 0 Å². The molecule has 110 valence electrons. The zero-order valence-corrected chi connectivity index (χ0v) is 12.7. The quantitative estimate of drug-likeness (QED) is 0.809. The number of carboxylic acids is 1. The van der Waals surface area contributed by atoms with Gasteiger partial charge in [-0.05, 0) is 44.9 Å². The number of hydrogen-bond acceptors (Lipinski definition) is 3. The first-order chi connectivity index (χ1) is 8.36. The zero-order valence-electron chi connectivity index (χ0n) is 12.7. The van der Waals surface area contributed by atoms with E-state index in [0.29, 0.717) is 18.8 Å². The molecule has 0 saturated heterocycles. The molecule has 19 heavy (non-hydrogen) atoms. The molecule has 0 spiro atoms. The van der Waals surface area contributed by atoms with Crippen LogP contribution in [0.4, 0.5) is 4.79 Å². The molecule has 0 aliphatic heterocycles. The van der Waals surface area contributed by atoms with Gasteiger partial charge in [0.25, 0.3) is 0 Å². The number of carboxylic acid groups (broad SMARTS) is 1. The van der Waals surface area contributed by atoms with Gasteiger partial charge in [-0.1, -0.05) is 20.8 Å². The lowest BCUT2D eigenvalue weighted by Gasteiger charge is -2.50. The van der Waals surface area contributed by atoms with E-state index in [1.165, 1.54) is 0 Å². The Kier molecular flexibility index (Phi) is 3.90. The van der Waals surface area contributed by atoms with E-state index in [4.69, 9.17) is 4.74 Å². The van der Waals surface area contributed by atoms with Gasteiger partial charge in [0.1, 0.15) is 11.1 Å². The number of carbonyl (C=O) groups is 2. The largest absolute Gasteiger partial charge is 0.480 e. The summed E-state index contributed by atoms with van der Waals surface area (Å²) in [6, 6.07) is 0. The molecule has 0 heterocycles. The Hall–Kier alpha value is -1.26. The van der Waals surface area contributed by atoms with Gasteiger partial charge in [0.15, 0.2) is 0 Å². The topological polar surface area (TPSA) is 75.6 Å². The molecule has 0 atom stereocenters. The molecule has 0 aromatic rings. The van der Waals surface area contributed by atoms with Crippen LogP contribution in [-0.2, 0) is 9.53 Å². The van der Waals surface area contributed by atoms with E-state index in [1.54, 1.807) is 20.8 Å². The van der Waals surface area contributed by atoms with E-state index in [9.17, 15) is 14.7 Å². The van der Waals surface area contributed by atoms with Gasteiger partial charge < -0.3 is 15.2 Å². The summed E-state index contributed by atoms with van der Waals surface area (Å²) in [5, 5.41) is 11.9. The first-order valence-electron chi connectivity index (χ1n) is 6.60. The van der Waals surface area contributed by atoms with Gasteiger partial charge in [-0.2, -0.15) is 0 Å². The van der Waals surface area contributed by atoms with Crippen molar-refractivity contribution in [2.75, 3.05) is 0 Å². The van der Waals surface area contributed by atoms with Crippen LogP contribution in [0.2, 0.25) is 0 Å². The minimum absolute atomic E-state index is 0.0502. The van der Waals surface area contributed by atoms with Crippen LogP contribution < -0.4 is 5.32 Å². The third-order valence-corrected chi connectivity index (χ3v) is 3.56. The zero-order chi connectivity index (χ0) is 15.1. The Morgan fingerprint density at radius 3 is 1.95 bits per heavy atom. The average molecular weight is 271 g/mol. The molecule has 0 aromatic heterocycles.